The number of fused-ring (bicyclic) bond motifs is 1. The molecule has 2 aromatic rings. The van der Waals surface area contributed by atoms with Crippen molar-refractivity contribution in [2.45, 2.75) is 26.7 Å². The Hall–Kier alpha value is -1.64. The molecule has 1 heterocycles. The average molecular weight is 232 g/mol. The minimum Gasteiger partial charge on any atom is -0.384 e. The highest BCUT2D eigenvalue weighted by molar-refractivity contribution is 5.91. The number of hydrogen-bond acceptors (Lipinski definition) is 2. The van der Waals surface area contributed by atoms with E-state index in [0.717, 1.165) is 41.7 Å². The van der Waals surface area contributed by atoms with E-state index in [9.17, 15) is 4.39 Å². The van der Waals surface area contributed by atoms with Crippen LogP contribution in [0.25, 0.3) is 10.9 Å². The van der Waals surface area contributed by atoms with Gasteiger partial charge in [-0.1, -0.05) is 13.8 Å². The van der Waals surface area contributed by atoms with Gasteiger partial charge in [0.15, 0.2) is 0 Å². The van der Waals surface area contributed by atoms with Crippen LogP contribution >= 0.6 is 0 Å². The molecule has 1 N–H and O–H groups in total. The number of hydrogen-bond donors (Lipinski definition) is 1. The predicted molar refractivity (Wildman–Crippen MR) is 69.9 cm³/mol. The molecular formula is C14H17FN2. The first kappa shape index (κ1) is 11.8. The molecule has 1 aromatic carbocycles. The van der Waals surface area contributed by atoms with Gasteiger partial charge in [0.25, 0.3) is 0 Å². The van der Waals surface area contributed by atoms with Gasteiger partial charge in [0.05, 0.1) is 5.52 Å². The number of nitrogens with one attached hydrogen (secondary N) is 1. The summed E-state index contributed by atoms with van der Waals surface area (Å²) in [6.45, 7) is 5.09. The fraction of sp³-hybridized carbons (Fsp3) is 0.357. The van der Waals surface area contributed by atoms with Gasteiger partial charge >= 0.3 is 0 Å². The molecule has 0 amide bonds. The van der Waals surface area contributed by atoms with Crippen molar-refractivity contribution >= 4 is 16.6 Å². The molecule has 3 heteroatoms. The Morgan fingerprint density at radius 3 is 2.76 bits per heavy atom. The van der Waals surface area contributed by atoms with Crippen molar-refractivity contribution in [3.63, 3.8) is 0 Å². The second-order valence-electron chi connectivity index (χ2n) is 4.10. The van der Waals surface area contributed by atoms with Crippen LogP contribution in [-0.2, 0) is 6.42 Å². The summed E-state index contributed by atoms with van der Waals surface area (Å²) in [6.07, 6.45) is 1.92. The first-order chi connectivity index (χ1) is 8.24. The van der Waals surface area contributed by atoms with E-state index in [1.807, 2.05) is 0 Å². The van der Waals surface area contributed by atoms with Crippen LogP contribution in [0.4, 0.5) is 10.1 Å². The third kappa shape index (κ3) is 2.54. The van der Waals surface area contributed by atoms with Gasteiger partial charge in [-0.25, -0.2) is 4.39 Å². The van der Waals surface area contributed by atoms with Crippen LogP contribution in [0, 0.1) is 5.82 Å². The molecule has 0 atom stereocenters. The van der Waals surface area contributed by atoms with Crippen LogP contribution in [0.5, 0.6) is 0 Å². The molecule has 0 spiro atoms. The SMILES string of the molecule is CCCNc1cc(CC)nc2cc(F)ccc12. The number of halogens is 1. The van der Waals surface area contributed by atoms with Gasteiger partial charge in [-0.2, -0.15) is 0 Å². The third-order valence-corrected chi connectivity index (χ3v) is 2.75. The molecule has 17 heavy (non-hydrogen) atoms. The number of benzene rings is 1. The highest BCUT2D eigenvalue weighted by Gasteiger charge is 2.05. The molecule has 0 fully saturated rings. The van der Waals surface area contributed by atoms with E-state index in [1.165, 1.54) is 12.1 Å². The predicted octanol–water partition coefficient (Wildman–Crippen LogP) is 3.76. The molecule has 0 aliphatic heterocycles. The molecule has 0 aliphatic carbocycles. The van der Waals surface area contributed by atoms with E-state index in [0.29, 0.717) is 0 Å². The smallest absolute Gasteiger partial charge is 0.125 e. The lowest BCUT2D eigenvalue weighted by Gasteiger charge is -2.10. The normalized spacial score (nSPS) is 10.8. The lowest BCUT2D eigenvalue weighted by atomic mass is 10.1. The molecule has 2 nitrogen and oxygen atoms in total. The monoisotopic (exact) mass is 232 g/mol. The van der Waals surface area contributed by atoms with E-state index in [-0.39, 0.29) is 5.82 Å². The highest BCUT2D eigenvalue weighted by Crippen LogP contribution is 2.24. The second kappa shape index (κ2) is 5.13. The highest BCUT2D eigenvalue weighted by atomic mass is 19.1. The summed E-state index contributed by atoms with van der Waals surface area (Å²) in [5, 5.41) is 4.35. The van der Waals surface area contributed by atoms with Gasteiger partial charge in [-0.3, -0.25) is 4.98 Å². The molecule has 0 bridgehead atoms. The van der Waals surface area contributed by atoms with E-state index in [4.69, 9.17) is 0 Å². The van der Waals surface area contributed by atoms with E-state index >= 15 is 0 Å². The van der Waals surface area contributed by atoms with Crippen molar-refractivity contribution in [1.82, 2.24) is 4.98 Å². The molecule has 90 valence electrons. The van der Waals surface area contributed by atoms with Gasteiger partial charge in [-0.15, -0.1) is 0 Å². The zero-order chi connectivity index (χ0) is 12.3. The first-order valence-electron chi connectivity index (χ1n) is 6.07. The second-order valence-corrected chi connectivity index (χ2v) is 4.10. The summed E-state index contributed by atoms with van der Waals surface area (Å²) in [4.78, 5) is 4.44. The maximum Gasteiger partial charge on any atom is 0.125 e. The zero-order valence-electron chi connectivity index (χ0n) is 10.3. The Labute approximate surface area is 101 Å². The summed E-state index contributed by atoms with van der Waals surface area (Å²) >= 11 is 0. The van der Waals surface area contributed by atoms with Gasteiger partial charge in [0.1, 0.15) is 5.82 Å². The number of anilines is 1. The van der Waals surface area contributed by atoms with Crippen LogP contribution in [0.15, 0.2) is 24.3 Å². The summed E-state index contributed by atoms with van der Waals surface area (Å²) in [5.74, 6) is -0.236. The fourth-order valence-corrected chi connectivity index (χ4v) is 1.84. The van der Waals surface area contributed by atoms with E-state index in [2.05, 4.69) is 30.2 Å². The van der Waals surface area contributed by atoms with Crippen LogP contribution in [-0.4, -0.2) is 11.5 Å². The average Bonchev–Trinajstić information content (AvgIpc) is 2.34. The molecule has 0 saturated heterocycles. The topological polar surface area (TPSA) is 24.9 Å². The minimum absolute atomic E-state index is 0.236. The van der Waals surface area contributed by atoms with Crippen molar-refractivity contribution in [3.8, 4) is 0 Å². The number of aryl methyl sites for hydroxylation is 1. The van der Waals surface area contributed by atoms with Crippen molar-refractivity contribution in [3.05, 3.63) is 35.8 Å². The maximum atomic E-state index is 13.2. The maximum absolute atomic E-state index is 13.2. The van der Waals surface area contributed by atoms with E-state index < -0.39 is 0 Å². The summed E-state index contributed by atoms with van der Waals surface area (Å²) in [6, 6.07) is 6.81. The lowest BCUT2D eigenvalue weighted by molar-refractivity contribution is 0.629. The third-order valence-electron chi connectivity index (χ3n) is 2.75. The molecule has 0 aliphatic rings. The number of rotatable bonds is 4. The summed E-state index contributed by atoms with van der Waals surface area (Å²) in [7, 11) is 0. The van der Waals surface area contributed by atoms with Gasteiger partial charge in [0, 0.05) is 29.4 Å². The summed E-state index contributed by atoms with van der Waals surface area (Å²) in [5.41, 5.74) is 2.76. The zero-order valence-corrected chi connectivity index (χ0v) is 10.3. The van der Waals surface area contributed by atoms with Crippen molar-refractivity contribution < 1.29 is 4.39 Å². The standard InChI is InChI=1S/C14H17FN2/c1-3-7-16-13-9-11(4-2)17-14-8-10(15)5-6-12(13)14/h5-6,8-9H,3-4,7H2,1-2H3,(H,16,17). The number of aromatic nitrogens is 1. The Kier molecular flexibility index (Phi) is 3.57. The van der Waals surface area contributed by atoms with Crippen molar-refractivity contribution in [1.29, 1.82) is 0 Å². The minimum atomic E-state index is -0.236. The first-order valence-corrected chi connectivity index (χ1v) is 6.07. The molecule has 1 aromatic heterocycles. The van der Waals surface area contributed by atoms with Gasteiger partial charge in [-0.05, 0) is 31.0 Å². The molecule has 0 saturated carbocycles. The Bertz CT molecular complexity index is 523. The molecule has 0 unspecified atom stereocenters. The van der Waals surface area contributed by atoms with Crippen LogP contribution in [0.2, 0.25) is 0 Å². The Balaban J connectivity index is 2.54. The Morgan fingerprint density at radius 2 is 2.06 bits per heavy atom. The number of pyridine rings is 1. The molecule has 0 radical (unpaired) electrons. The van der Waals surface area contributed by atoms with Crippen molar-refractivity contribution in [2.75, 3.05) is 11.9 Å². The lowest BCUT2D eigenvalue weighted by Crippen LogP contribution is -2.02. The van der Waals surface area contributed by atoms with E-state index in [1.54, 1.807) is 6.07 Å². The van der Waals surface area contributed by atoms with Gasteiger partial charge in [0.2, 0.25) is 0 Å². The van der Waals surface area contributed by atoms with Crippen LogP contribution in [0.1, 0.15) is 26.0 Å². The Morgan fingerprint density at radius 1 is 1.24 bits per heavy atom. The molecular weight excluding hydrogens is 215 g/mol. The number of nitrogens with zero attached hydrogens (tertiary/aromatic N) is 1. The van der Waals surface area contributed by atoms with Gasteiger partial charge < -0.3 is 5.32 Å². The fourth-order valence-electron chi connectivity index (χ4n) is 1.84. The largest absolute Gasteiger partial charge is 0.384 e. The van der Waals surface area contributed by atoms with Crippen molar-refractivity contribution in [2.24, 2.45) is 0 Å². The quantitative estimate of drug-likeness (QED) is 0.868. The summed E-state index contributed by atoms with van der Waals surface area (Å²) < 4.78 is 13.2. The molecule has 2 rings (SSSR count). The van der Waals surface area contributed by atoms with Crippen LogP contribution in [0.3, 0.4) is 0 Å². The van der Waals surface area contributed by atoms with Crippen LogP contribution < -0.4 is 5.32 Å².